The fourth-order valence-corrected chi connectivity index (χ4v) is 3.27. The van der Waals surface area contributed by atoms with Crippen LogP contribution in [0.25, 0.3) is 10.7 Å². The molecule has 0 bridgehead atoms. The Hall–Kier alpha value is -2.48. The minimum atomic E-state index is -0.0390. The summed E-state index contributed by atoms with van der Waals surface area (Å²) in [6, 6.07) is 5.86. The third-order valence-corrected chi connectivity index (χ3v) is 4.72. The molecule has 3 heterocycles. The Balaban J connectivity index is 1.42. The van der Waals surface area contributed by atoms with Gasteiger partial charge in [-0.1, -0.05) is 6.07 Å². The quantitative estimate of drug-likeness (QED) is 0.771. The number of carbonyl (C=O) groups is 1. The van der Waals surface area contributed by atoms with E-state index in [4.69, 9.17) is 0 Å². The molecule has 1 aliphatic carbocycles. The van der Waals surface area contributed by atoms with E-state index in [-0.39, 0.29) is 17.7 Å². The van der Waals surface area contributed by atoms with E-state index in [1.807, 2.05) is 35.3 Å². The predicted molar refractivity (Wildman–Crippen MR) is 82.4 cm³/mol. The number of hydrogen-bond donors (Lipinski definition) is 2. The Labute approximate surface area is 130 Å². The maximum absolute atomic E-state index is 12.3. The van der Waals surface area contributed by atoms with Crippen molar-refractivity contribution in [3.8, 4) is 10.7 Å². The summed E-state index contributed by atoms with van der Waals surface area (Å²) >= 11 is 1.57. The zero-order valence-electron chi connectivity index (χ0n) is 11.9. The molecule has 2 atom stereocenters. The van der Waals surface area contributed by atoms with Crippen LogP contribution in [0.5, 0.6) is 0 Å². The molecule has 0 saturated heterocycles. The molecule has 0 radical (unpaired) electrons. The van der Waals surface area contributed by atoms with Gasteiger partial charge in [0, 0.05) is 30.8 Å². The van der Waals surface area contributed by atoms with Crippen LogP contribution >= 0.6 is 11.3 Å². The summed E-state index contributed by atoms with van der Waals surface area (Å²) in [6.07, 6.45) is 2.60. The summed E-state index contributed by atoms with van der Waals surface area (Å²) < 4.78 is 1.82. The van der Waals surface area contributed by atoms with Gasteiger partial charge in [-0.25, -0.2) is 0 Å². The normalized spacial score (nSPS) is 20.0. The Morgan fingerprint density at radius 3 is 3.14 bits per heavy atom. The highest BCUT2D eigenvalue weighted by Crippen LogP contribution is 2.47. The van der Waals surface area contributed by atoms with Crippen LogP contribution in [0, 0.1) is 5.92 Å². The Bertz CT molecular complexity index is 805. The number of anilines is 1. The molecule has 1 aliphatic rings. The van der Waals surface area contributed by atoms with Crippen LogP contribution < -0.4 is 5.32 Å². The molecule has 3 aromatic rings. The summed E-state index contributed by atoms with van der Waals surface area (Å²) in [5.74, 6) is 1.17. The Morgan fingerprint density at radius 2 is 2.41 bits per heavy atom. The van der Waals surface area contributed by atoms with Crippen molar-refractivity contribution in [2.75, 3.05) is 5.32 Å². The van der Waals surface area contributed by atoms with E-state index >= 15 is 0 Å². The number of aromatic nitrogens is 5. The number of rotatable bonds is 4. The smallest absolute Gasteiger partial charge is 0.249 e. The average molecular weight is 314 g/mol. The number of hydrogen-bond acceptors (Lipinski definition) is 5. The first kappa shape index (κ1) is 13.2. The second-order valence-electron chi connectivity index (χ2n) is 5.30. The van der Waals surface area contributed by atoms with Gasteiger partial charge in [-0.15, -0.1) is 16.4 Å². The molecule has 0 aromatic carbocycles. The van der Waals surface area contributed by atoms with Gasteiger partial charge in [0.15, 0.2) is 5.82 Å². The maximum atomic E-state index is 12.3. The molecule has 112 valence electrons. The van der Waals surface area contributed by atoms with Gasteiger partial charge in [0.2, 0.25) is 11.9 Å². The van der Waals surface area contributed by atoms with E-state index in [9.17, 15) is 4.79 Å². The average Bonchev–Trinajstić information content (AvgIpc) is 2.94. The van der Waals surface area contributed by atoms with Crippen molar-refractivity contribution in [2.45, 2.75) is 12.3 Å². The lowest BCUT2D eigenvalue weighted by molar-refractivity contribution is -0.117. The van der Waals surface area contributed by atoms with Gasteiger partial charge in [-0.3, -0.25) is 19.9 Å². The lowest BCUT2D eigenvalue weighted by Gasteiger charge is -2.01. The van der Waals surface area contributed by atoms with Gasteiger partial charge >= 0.3 is 0 Å². The molecule has 1 amide bonds. The van der Waals surface area contributed by atoms with E-state index in [2.05, 4.69) is 25.6 Å². The number of nitrogens with zero attached hydrogens (tertiary/aromatic N) is 4. The molecular formula is C14H14N6OS. The molecule has 7 nitrogen and oxygen atoms in total. The van der Waals surface area contributed by atoms with Crippen LogP contribution in [0.3, 0.4) is 0 Å². The first-order valence-corrected chi connectivity index (χ1v) is 7.85. The standard InChI is InChI=1S/C14H14N6OS/c1-20-10(4-5-15-20)8-7-9(8)13(21)17-14-16-12(18-19-14)11-3-2-6-22-11/h2-6,8-9H,7H2,1H3,(H2,16,17,18,19,21)/t8-,9-/m1/s1. The number of amides is 1. The first-order valence-electron chi connectivity index (χ1n) is 6.97. The molecule has 0 aliphatic heterocycles. The number of aryl methyl sites for hydroxylation is 1. The van der Waals surface area contributed by atoms with Crippen molar-refractivity contribution in [3.05, 3.63) is 35.5 Å². The molecular weight excluding hydrogens is 300 g/mol. The number of aromatic amines is 1. The third kappa shape index (κ3) is 2.31. The van der Waals surface area contributed by atoms with Crippen LogP contribution in [0.1, 0.15) is 18.0 Å². The fourth-order valence-electron chi connectivity index (χ4n) is 2.60. The zero-order valence-corrected chi connectivity index (χ0v) is 12.7. The van der Waals surface area contributed by atoms with E-state index in [0.717, 1.165) is 17.0 Å². The van der Waals surface area contributed by atoms with E-state index in [1.165, 1.54) is 0 Å². The maximum Gasteiger partial charge on any atom is 0.249 e. The van der Waals surface area contributed by atoms with Gasteiger partial charge < -0.3 is 0 Å². The predicted octanol–water partition coefficient (Wildman–Crippen LogP) is 2.01. The second kappa shape index (κ2) is 5.06. The molecule has 1 saturated carbocycles. The van der Waals surface area contributed by atoms with Crippen LogP contribution in [0.2, 0.25) is 0 Å². The van der Waals surface area contributed by atoms with Gasteiger partial charge in [0.25, 0.3) is 0 Å². The number of H-pyrrole nitrogens is 1. The first-order chi connectivity index (χ1) is 10.7. The molecule has 2 N–H and O–H groups in total. The molecule has 8 heteroatoms. The van der Waals surface area contributed by atoms with E-state index in [0.29, 0.717) is 11.8 Å². The van der Waals surface area contributed by atoms with Crippen molar-refractivity contribution in [2.24, 2.45) is 13.0 Å². The van der Waals surface area contributed by atoms with Crippen molar-refractivity contribution in [1.82, 2.24) is 25.0 Å². The molecule has 3 aromatic heterocycles. The highest BCUT2D eigenvalue weighted by molar-refractivity contribution is 7.13. The summed E-state index contributed by atoms with van der Waals surface area (Å²) in [6.45, 7) is 0. The topological polar surface area (TPSA) is 88.5 Å². The summed E-state index contributed by atoms with van der Waals surface area (Å²) in [5, 5.41) is 15.8. The Morgan fingerprint density at radius 1 is 1.50 bits per heavy atom. The highest BCUT2D eigenvalue weighted by atomic mass is 32.1. The van der Waals surface area contributed by atoms with Crippen molar-refractivity contribution >= 4 is 23.2 Å². The lowest BCUT2D eigenvalue weighted by atomic mass is 10.2. The minimum Gasteiger partial charge on any atom is -0.293 e. The van der Waals surface area contributed by atoms with E-state index < -0.39 is 0 Å². The van der Waals surface area contributed by atoms with Crippen molar-refractivity contribution in [1.29, 1.82) is 0 Å². The molecule has 0 spiro atoms. The molecule has 1 fully saturated rings. The zero-order chi connectivity index (χ0) is 15.1. The highest BCUT2D eigenvalue weighted by Gasteiger charge is 2.45. The minimum absolute atomic E-state index is 0.0286. The summed E-state index contributed by atoms with van der Waals surface area (Å²) in [5.41, 5.74) is 1.09. The largest absolute Gasteiger partial charge is 0.293 e. The fraction of sp³-hybridized carbons (Fsp3) is 0.286. The number of thiophene rings is 1. The SMILES string of the molecule is Cn1nccc1[C@@H]1C[C@H]1C(=O)Nc1n[nH]c(-c2cccs2)n1. The summed E-state index contributed by atoms with van der Waals surface area (Å²) in [7, 11) is 1.89. The van der Waals surface area contributed by atoms with Gasteiger partial charge in [0.05, 0.1) is 4.88 Å². The van der Waals surface area contributed by atoms with E-state index in [1.54, 1.807) is 17.5 Å². The van der Waals surface area contributed by atoms with Gasteiger partial charge in [-0.2, -0.15) is 10.1 Å². The van der Waals surface area contributed by atoms with Crippen LogP contribution in [0.15, 0.2) is 29.8 Å². The number of carbonyl (C=O) groups excluding carboxylic acids is 1. The summed E-state index contributed by atoms with van der Waals surface area (Å²) in [4.78, 5) is 17.6. The van der Waals surface area contributed by atoms with Gasteiger partial charge in [-0.05, 0) is 23.9 Å². The molecule has 4 rings (SSSR count). The van der Waals surface area contributed by atoms with Crippen molar-refractivity contribution < 1.29 is 4.79 Å². The van der Waals surface area contributed by atoms with Crippen LogP contribution in [-0.4, -0.2) is 30.9 Å². The van der Waals surface area contributed by atoms with Crippen molar-refractivity contribution in [3.63, 3.8) is 0 Å². The third-order valence-electron chi connectivity index (χ3n) is 3.84. The monoisotopic (exact) mass is 314 g/mol. The van der Waals surface area contributed by atoms with Gasteiger partial charge in [0.1, 0.15) is 0 Å². The lowest BCUT2D eigenvalue weighted by Crippen LogP contribution is -2.16. The Kier molecular flexibility index (Phi) is 3.04. The van der Waals surface area contributed by atoms with Crippen LogP contribution in [0.4, 0.5) is 5.95 Å². The number of nitrogens with one attached hydrogen (secondary N) is 2. The molecule has 22 heavy (non-hydrogen) atoms. The van der Waals surface area contributed by atoms with Crippen LogP contribution in [-0.2, 0) is 11.8 Å². The second-order valence-corrected chi connectivity index (χ2v) is 6.25. The molecule has 0 unspecified atom stereocenters.